The number of anilines is 1. The number of ether oxygens (including phenoxy) is 1. The maximum Gasteiger partial charge on any atom is 0.280 e. The van der Waals surface area contributed by atoms with Crippen LogP contribution in [0.2, 0.25) is 0 Å². The van der Waals surface area contributed by atoms with Crippen LogP contribution >= 0.6 is 0 Å². The third-order valence-corrected chi connectivity index (χ3v) is 9.53. The lowest BCUT2D eigenvalue weighted by Gasteiger charge is -2.45. The molecule has 0 bridgehead atoms. The second-order valence-corrected chi connectivity index (χ2v) is 12.9. The van der Waals surface area contributed by atoms with E-state index in [-0.39, 0.29) is 60.3 Å². The normalized spacial score (nSPS) is 22.5. The SMILES string of the molecule is Nc1c(Oc2ccc(F)cc2)ncn(CC2(O)CCN(C(=O)[C@@H]3CC[C@@](O)(Cc4ccc(F)cc4)C[C@H]3c3ccccc3)CC2)c1=O. The molecule has 1 aromatic heterocycles. The molecule has 1 saturated carbocycles. The van der Waals surface area contributed by atoms with Gasteiger partial charge in [0.15, 0.2) is 5.69 Å². The molecule has 1 amide bonds. The number of piperidine rings is 1. The van der Waals surface area contributed by atoms with Gasteiger partial charge in [-0.2, -0.15) is 0 Å². The zero-order valence-corrected chi connectivity index (χ0v) is 25.9. The highest BCUT2D eigenvalue weighted by atomic mass is 19.1. The molecule has 9 nitrogen and oxygen atoms in total. The second kappa shape index (κ2) is 13.2. The molecule has 0 unspecified atom stereocenters. The van der Waals surface area contributed by atoms with Gasteiger partial charge in [-0.1, -0.05) is 42.5 Å². The lowest BCUT2D eigenvalue weighted by Crippen LogP contribution is -2.52. The fourth-order valence-electron chi connectivity index (χ4n) is 6.92. The number of benzene rings is 3. The number of likely N-dealkylation sites (tertiary alicyclic amines) is 1. The van der Waals surface area contributed by atoms with Gasteiger partial charge >= 0.3 is 0 Å². The van der Waals surface area contributed by atoms with E-state index in [4.69, 9.17) is 10.5 Å². The van der Waals surface area contributed by atoms with Crippen molar-refractivity contribution in [2.75, 3.05) is 18.8 Å². The number of nitrogens with zero attached hydrogens (tertiary/aromatic N) is 3. The van der Waals surface area contributed by atoms with Gasteiger partial charge in [0.25, 0.3) is 5.56 Å². The number of aliphatic hydroxyl groups is 2. The quantitative estimate of drug-likeness (QED) is 0.251. The van der Waals surface area contributed by atoms with Crippen molar-refractivity contribution in [3.63, 3.8) is 0 Å². The number of amides is 1. The maximum atomic E-state index is 14.0. The number of nitrogens with two attached hydrogens (primary N) is 1. The summed E-state index contributed by atoms with van der Waals surface area (Å²) in [6, 6.07) is 21.1. The molecule has 47 heavy (non-hydrogen) atoms. The summed E-state index contributed by atoms with van der Waals surface area (Å²) < 4.78 is 33.5. The van der Waals surface area contributed by atoms with Crippen LogP contribution in [-0.2, 0) is 17.8 Å². The summed E-state index contributed by atoms with van der Waals surface area (Å²) in [6.45, 7) is 0.543. The van der Waals surface area contributed by atoms with Crippen LogP contribution in [0.25, 0.3) is 0 Å². The smallest absolute Gasteiger partial charge is 0.280 e. The van der Waals surface area contributed by atoms with Crippen molar-refractivity contribution in [2.45, 2.75) is 62.2 Å². The number of halogens is 2. The van der Waals surface area contributed by atoms with Gasteiger partial charge in [-0.3, -0.25) is 14.2 Å². The fourth-order valence-corrected chi connectivity index (χ4v) is 6.92. The summed E-state index contributed by atoms with van der Waals surface area (Å²) in [4.78, 5) is 33.0. The van der Waals surface area contributed by atoms with E-state index in [0.717, 1.165) is 11.1 Å². The Morgan fingerprint density at radius 2 is 1.55 bits per heavy atom. The molecule has 4 N–H and O–H groups in total. The van der Waals surface area contributed by atoms with Gasteiger partial charge in [-0.15, -0.1) is 0 Å². The van der Waals surface area contributed by atoms with Gasteiger partial charge < -0.3 is 25.6 Å². The molecule has 2 fully saturated rings. The minimum Gasteiger partial charge on any atom is -0.437 e. The van der Waals surface area contributed by atoms with Gasteiger partial charge in [-0.05, 0) is 85.5 Å². The van der Waals surface area contributed by atoms with Crippen molar-refractivity contribution in [3.8, 4) is 11.6 Å². The monoisotopic (exact) mass is 644 g/mol. The van der Waals surface area contributed by atoms with E-state index in [1.54, 1.807) is 17.0 Å². The molecule has 11 heteroatoms. The molecule has 6 rings (SSSR count). The molecule has 1 aliphatic heterocycles. The highest BCUT2D eigenvalue weighted by Gasteiger charge is 2.45. The molecule has 3 atom stereocenters. The van der Waals surface area contributed by atoms with E-state index < -0.39 is 22.6 Å². The third kappa shape index (κ3) is 7.36. The molecule has 1 saturated heterocycles. The Hall–Kier alpha value is -4.61. The Morgan fingerprint density at radius 1 is 0.915 bits per heavy atom. The number of hydrogen-bond acceptors (Lipinski definition) is 7. The summed E-state index contributed by atoms with van der Waals surface area (Å²) in [7, 11) is 0. The Kier molecular flexibility index (Phi) is 9.11. The van der Waals surface area contributed by atoms with E-state index >= 15 is 0 Å². The first-order valence-corrected chi connectivity index (χ1v) is 15.8. The summed E-state index contributed by atoms with van der Waals surface area (Å²) >= 11 is 0. The molecule has 3 aromatic carbocycles. The van der Waals surface area contributed by atoms with E-state index in [9.17, 15) is 28.6 Å². The van der Waals surface area contributed by atoms with Crippen LogP contribution < -0.4 is 16.0 Å². The lowest BCUT2D eigenvalue weighted by molar-refractivity contribution is -0.144. The summed E-state index contributed by atoms with van der Waals surface area (Å²) in [5, 5.41) is 23.1. The lowest BCUT2D eigenvalue weighted by atomic mass is 9.67. The Labute approximate surface area is 271 Å². The first-order valence-electron chi connectivity index (χ1n) is 15.8. The number of nitrogen functional groups attached to an aromatic ring is 1. The van der Waals surface area contributed by atoms with Crippen molar-refractivity contribution >= 4 is 11.6 Å². The van der Waals surface area contributed by atoms with E-state index in [1.807, 2.05) is 30.3 Å². The van der Waals surface area contributed by atoms with Gasteiger partial charge in [-0.25, -0.2) is 13.8 Å². The van der Waals surface area contributed by atoms with Crippen LogP contribution in [0.4, 0.5) is 14.5 Å². The van der Waals surface area contributed by atoms with Crippen LogP contribution in [0.5, 0.6) is 11.6 Å². The first-order chi connectivity index (χ1) is 22.5. The number of carbonyl (C=O) groups excluding carboxylic acids is 1. The highest BCUT2D eigenvalue weighted by molar-refractivity contribution is 5.80. The van der Waals surface area contributed by atoms with Crippen molar-refractivity contribution in [2.24, 2.45) is 5.92 Å². The zero-order valence-electron chi connectivity index (χ0n) is 25.9. The number of hydrogen-bond donors (Lipinski definition) is 3. The minimum atomic E-state index is -1.27. The average molecular weight is 645 g/mol. The van der Waals surface area contributed by atoms with E-state index in [0.29, 0.717) is 38.8 Å². The van der Waals surface area contributed by atoms with Crippen molar-refractivity contribution < 1.29 is 28.5 Å². The Balaban J connectivity index is 1.11. The molecule has 2 heterocycles. The highest BCUT2D eigenvalue weighted by Crippen LogP contribution is 2.45. The molecule has 2 aliphatic rings. The first kappa shape index (κ1) is 32.3. The second-order valence-electron chi connectivity index (χ2n) is 12.9. The topological polar surface area (TPSA) is 131 Å². The fraction of sp³-hybridized carbons (Fsp3) is 0.361. The van der Waals surface area contributed by atoms with Gasteiger partial charge in [0.05, 0.1) is 17.7 Å². The molecular weight excluding hydrogens is 606 g/mol. The maximum absolute atomic E-state index is 14.0. The minimum absolute atomic E-state index is 0.0184. The average Bonchev–Trinajstić information content (AvgIpc) is 3.07. The number of rotatable bonds is 8. The zero-order chi connectivity index (χ0) is 33.2. The molecule has 0 radical (unpaired) electrons. The molecule has 246 valence electrons. The van der Waals surface area contributed by atoms with Crippen molar-refractivity contribution in [1.29, 1.82) is 0 Å². The van der Waals surface area contributed by atoms with E-state index in [1.165, 1.54) is 47.3 Å². The summed E-state index contributed by atoms with van der Waals surface area (Å²) in [6.07, 6.45) is 3.43. The molecule has 1 aliphatic carbocycles. The van der Waals surface area contributed by atoms with Crippen LogP contribution in [-0.4, -0.2) is 54.9 Å². The van der Waals surface area contributed by atoms with Crippen LogP contribution in [0.3, 0.4) is 0 Å². The largest absolute Gasteiger partial charge is 0.437 e. The molecule has 0 spiro atoms. The van der Waals surface area contributed by atoms with Gasteiger partial charge in [0, 0.05) is 25.4 Å². The van der Waals surface area contributed by atoms with Crippen molar-refractivity contribution in [1.82, 2.24) is 14.5 Å². The summed E-state index contributed by atoms with van der Waals surface area (Å²) in [5.74, 6) is -1.20. The summed E-state index contributed by atoms with van der Waals surface area (Å²) in [5.41, 5.74) is 4.71. The third-order valence-electron chi connectivity index (χ3n) is 9.53. The van der Waals surface area contributed by atoms with Crippen LogP contribution in [0, 0.1) is 17.6 Å². The van der Waals surface area contributed by atoms with Crippen LogP contribution in [0.15, 0.2) is 90.0 Å². The number of carbonyl (C=O) groups is 1. The standard InChI is InChI=1S/C36H38F2N4O5/c37-26-8-6-24(7-9-26)20-36(46)15-14-29(30(21-36)25-4-2-1-3-5-25)33(43)41-18-16-35(45,17-19-41)22-42-23-40-32(31(39)34(42)44)47-28-12-10-27(38)11-13-28/h1-13,23,29-30,45-46H,14-22,39H2/t29-,30+,36-/m1/s1. The predicted octanol–water partition coefficient (Wildman–Crippen LogP) is 4.81. The van der Waals surface area contributed by atoms with Crippen molar-refractivity contribution in [3.05, 3.63) is 118 Å². The van der Waals surface area contributed by atoms with E-state index in [2.05, 4.69) is 4.98 Å². The number of aromatic nitrogens is 2. The molecular formula is C36H38F2N4O5. The Bertz CT molecular complexity index is 1760. The Morgan fingerprint density at radius 3 is 2.21 bits per heavy atom. The predicted molar refractivity (Wildman–Crippen MR) is 172 cm³/mol. The molecule has 4 aromatic rings. The van der Waals surface area contributed by atoms with Gasteiger partial charge in [0.2, 0.25) is 11.8 Å². The van der Waals surface area contributed by atoms with Gasteiger partial charge in [0.1, 0.15) is 23.7 Å². The van der Waals surface area contributed by atoms with Crippen LogP contribution in [0.1, 0.15) is 49.1 Å².